The monoisotopic (exact) mass is 299 g/mol. The van der Waals surface area contributed by atoms with E-state index in [0.29, 0.717) is 12.5 Å². The van der Waals surface area contributed by atoms with Gasteiger partial charge in [0.25, 0.3) is 0 Å². The maximum Gasteiger partial charge on any atom is 0.229 e. The number of nitrogens with zero attached hydrogens (tertiary/aromatic N) is 3. The normalized spacial score (nSPS) is 24.4. The number of rotatable bonds is 6. The van der Waals surface area contributed by atoms with Crippen molar-refractivity contribution in [3.8, 4) is 0 Å². The molecule has 1 atom stereocenters. The molecule has 0 aromatic carbocycles. The molecular weight excluding hydrogens is 278 g/mol. The Balaban J connectivity index is 1.65. The first-order valence-corrected chi connectivity index (χ1v) is 9.19. The minimum atomic E-state index is -2.92. The Labute approximate surface area is 119 Å². The summed E-state index contributed by atoms with van der Waals surface area (Å²) in [6, 6.07) is 0.123. The van der Waals surface area contributed by atoms with Gasteiger partial charge in [0.2, 0.25) is 5.89 Å². The third-order valence-electron chi connectivity index (χ3n) is 4.18. The lowest BCUT2D eigenvalue weighted by molar-refractivity contribution is 0.255. The molecule has 0 unspecified atom stereocenters. The molecule has 6 nitrogen and oxygen atoms in total. The second kappa shape index (κ2) is 5.44. The molecule has 3 rings (SSSR count). The molecular formula is C13H21N3O3S. The molecule has 7 heteroatoms. The van der Waals surface area contributed by atoms with Crippen LogP contribution < -0.4 is 0 Å². The molecule has 1 aromatic rings. The van der Waals surface area contributed by atoms with Crippen molar-refractivity contribution in [2.24, 2.45) is 0 Å². The number of hydrogen-bond donors (Lipinski definition) is 0. The van der Waals surface area contributed by atoms with E-state index in [1.807, 2.05) is 0 Å². The van der Waals surface area contributed by atoms with E-state index in [-0.39, 0.29) is 17.5 Å². The topological polar surface area (TPSA) is 76.3 Å². The second-order valence-electron chi connectivity index (χ2n) is 5.70. The lowest BCUT2D eigenvalue weighted by Crippen LogP contribution is -2.30. The fourth-order valence-corrected chi connectivity index (χ4v) is 3.47. The number of hydrogen-bond acceptors (Lipinski definition) is 6. The highest BCUT2D eigenvalue weighted by atomic mass is 32.2. The molecule has 1 aliphatic heterocycles. The summed E-state index contributed by atoms with van der Waals surface area (Å²) in [5.74, 6) is 2.38. The predicted molar refractivity (Wildman–Crippen MR) is 74.1 cm³/mol. The Bertz CT molecular complexity index is 565. The quantitative estimate of drug-likeness (QED) is 0.792. The van der Waals surface area contributed by atoms with Crippen molar-refractivity contribution >= 4 is 9.84 Å². The van der Waals surface area contributed by atoms with E-state index in [4.69, 9.17) is 4.52 Å². The summed E-state index contributed by atoms with van der Waals surface area (Å²) in [5, 5.41) is 4.10. The Hall–Kier alpha value is -0.950. The molecule has 2 fully saturated rings. The Morgan fingerprint density at radius 1 is 1.35 bits per heavy atom. The van der Waals surface area contributed by atoms with Gasteiger partial charge in [0, 0.05) is 18.2 Å². The van der Waals surface area contributed by atoms with Crippen LogP contribution in [0, 0.1) is 0 Å². The highest BCUT2D eigenvalue weighted by molar-refractivity contribution is 7.91. The van der Waals surface area contributed by atoms with E-state index in [0.717, 1.165) is 43.9 Å². The number of likely N-dealkylation sites (tertiary alicyclic amines) is 1. The minimum Gasteiger partial charge on any atom is -0.339 e. The van der Waals surface area contributed by atoms with Gasteiger partial charge in [0.1, 0.15) is 0 Å². The zero-order valence-corrected chi connectivity index (χ0v) is 12.6. The van der Waals surface area contributed by atoms with Gasteiger partial charge in [-0.05, 0) is 32.2 Å². The van der Waals surface area contributed by atoms with Crippen LogP contribution in [0.5, 0.6) is 0 Å². The van der Waals surface area contributed by atoms with E-state index in [1.165, 1.54) is 0 Å². The zero-order chi connectivity index (χ0) is 14.2. The number of aromatic nitrogens is 2. The maximum absolute atomic E-state index is 11.6. The molecule has 1 aromatic heterocycles. The smallest absolute Gasteiger partial charge is 0.229 e. The molecule has 112 valence electrons. The average Bonchev–Trinajstić information content (AvgIpc) is 3.00. The van der Waals surface area contributed by atoms with Crippen molar-refractivity contribution in [1.82, 2.24) is 15.0 Å². The average molecular weight is 299 g/mol. The van der Waals surface area contributed by atoms with Crippen LogP contribution in [0.4, 0.5) is 0 Å². The molecule has 1 aliphatic carbocycles. The van der Waals surface area contributed by atoms with Gasteiger partial charge in [-0.25, -0.2) is 8.42 Å². The molecule has 20 heavy (non-hydrogen) atoms. The van der Waals surface area contributed by atoms with Crippen molar-refractivity contribution in [2.45, 2.75) is 44.6 Å². The molecule has 0 bridgehead atoms. The van der Waals surface area contributed by atoms with Gasteiger partial charge in [0.05, 0.1) is 11.8 Å². The van der Waals surface area contributed by atoms with Crippen LogP contribution in [0.1, 0.15) is 56.3 Å². The highest BCUT2D eigenvalue weighted by Crippen LogP contribution is 2.40. The van der Waals surface area contributed by atoms with Crippen molar-refractivity contribution in [3.05, 3.63) is 11.7 Å². The fourth-order valence-electron chi connectivity index (χ4n) is 2.67. The summed E-state index contributed by atoms with van der Waals surface area (Å²) in [4.78, 5) is 6.68. The van der Waals surface area contributed by atoms with Crippen molar-refractivity contribution in [3.63, 3.8) is 0 Å². The van der Waals surface area contributed by atoms with E-state index in [2.05, 4.69) is 15.0 Å². The molecule has 0 amide bonds. The summed E-state index contributed by atoms with van der Waals surface area (Å²) in [5.41, 5.74) is 0. The maximum atomic E-state index is 11.6. The second-order valence-corrected chi connectivity index (χ2v) is 8.17. The first-order chi connectivity index (χ1) is 9.59. The first-order valence-electron chi connectivity index (χ1n) is 7.37. The van der Waals surface area contributed by atoms with Gasteiger partial charge in [-0.3, -0.25) is 4.90 Å². The van der Waals surface area contributed by atoms with Crippen LogP contribution in [0.2, 0.25) is 0 Å². The lowest BCUT2D eigenvalue weighted by Gasteiger charge is -2.21. The molecule has 2 heterocycles. The summed E-state index contributed by atoms with van der Waals surface area (Å²) >= 11 is 0. The van der Waals surface area contributed by atoms with Gasteiger partial charge in [-0.15, -0.1) is 0 Å². The predicted octanol–water partition coefficient (Wildman–Crippen LogP) is 1.52. The summed E-state index contributed by atoms with van der Waals surface area (Å²) in [6.45, 7) is 3.17. The molecule has 2 aliphatic rings. The molecule has 1 saturated carbocycles. The van der Waals surface area contributed by atoms with Crippen LogP contribution in [-0.4, -0.2) is 48.1 Å². The Kier molecular flexibility index (Phi) is 3.81. The van der Waals surface area contributed by atoms with Gasteiger partial charge in [0.15, 0.2) is 15.7 Å². The van der Waals surface area contributed by atoms with Gasteiger partial charge in [-0.1, -0.05) is 12.1 Å². The van der Waals surface area contributed by atoms with Gasteiger partial charge >= 0.3 is 0 Å². The van der Waals surface area contributed by atoms with Gasteiger partial charge in [-0.2, -0.15) is 4.98 Å². The largest absolute Gasteiger partial charge is 0.339 e. The van der Waals surface area contributed by atoms with Crippen molar-refractivity contribution in [2.75, 3.05) is 24.6 Å². The number of sulfone groups is 1. The van der Waals surface area contributed by atoms with Crippen LogP contribution in [0.25, 0.3) is 0 Å². The standard InChI is InChI=1S/C13H21N3O3S/c1-2-20(17,18)9-8-16-7-3-4-11(16)12-14-13(19-15-12)10-5-6-10/h10-11H,2-9H2,1H3/t11-/m1/s1. The van der Waals surface area contributed by atoms with E-state index >= 15 is 0 Å². The SMILES string of the molecule is CCS(=O)(=O)CCN1CCC[C@@H]1c1noc(C2CC2)n1. The van der Waals surface area contributed by atoms with Crippen LogP contribution in [-0.2, 0) is 9.84 Å². The van der Waals surface area contributed by atoms with Gasteiger partial charge < -0.3 is 4.52 Å². The Morgan fingerprint density at radius 2 is 2.15 bits per heavy atom. The molecule has 0 spiro atoms. The fraction of sp³-hybridized carbons (Fsp3) is 0.846. The molecule has 0 N–H and O–H groups in total. The summed E-state index contributed by atoms with van der Waals surface area (Å²) in [6.07, 6.45) is 4.33. The summed E-state index contributed by atoms with van der Waals surface area (Å²) < 4.78 is 28.6. The summed E-state index contributed by atoms with van der Waals surface area (Å²) in [7, 11) is -2.92. The van der Waals surface area contributed by atoms with E-state index < -0.39 is 9.84 Å². The lowest BCUT2D eigenvalue weighted by atomic mass is 10.2. The Morgan fingerprint density at radius 3 is 2.85 bits per heavy atom. The molecule has 1 saturated heterocycles. The molecule has 0 radical (unpaired) electrons. The van der Waals surface area contributed by atoms with Crippen LogP contribution in [0.3, 0.4) is 0 Å². The zero-order valence-electron chi connectivity index (χ0n) is 11.8. The van der Waals surface area contributed by atoms with Crippen molar-refractivity contribution in [1.29, 1.82) is 0 Å². The van der Waals surface area contributed by atoms with Crippen LogP contribution in [0.15, 0.2) is 4.52 Å². The minimum absolute atomic E-state index is 0.123. The van der Waals surface area contributed by atoms with E-state index in [9.17, 15) is 8.42 Å². The first kappa shape index (κ1) is 14.0. The van der Waals surface area contributed by atoms with Crippen molar-refractivity contribution < 1.29 is 12.9 Å². The van der Waals surface area contributed by atoms with E-state index in [1.54, 1.807) is 6.92 Å². The third kappa shape index (κ3) is 3.03. The third-order valence-corrected chi connectivity index (χ3v) is 5.86. The van der Waals surface area contributed by atoms with Crippen LogP contribution >= 0.6 is 0 Å². The highest BCUT2D eigenvalue weighted by Gasteiger charge is 2.34.